The zero-order valence-electron chi connectivity index (χ0n) is 17.6. The van der Waals surface area contributed by atoms with Crippen molar-refractivity contribution in [3.63, 3.8) is 0 Å². The van der Waals surface area contributed by atoms with Gasteiger partial charge in [0.25, 0.3) is 0 Å². The highest BCUT2D eigenvalue weighted by atomic mass is 32.1. The Morgan fingerprint density at radius 1 is 1.14 bits per heavy atom. The maximum absolute atomic E-state index is 12.4. The minimum atomic E-state index is 0.243. The molecule has 3 rings (SSSR count). The average Bonchev–Trinajstić information content (AvgIpc) is 3.08. The first-order chi connectivity index (χ1) is 14.2. The predicted octanol–water partition coefficient (Wildman–Crippen LogP) is 5.51. The van der Waals surface area contributed by atoms with Crippen molar-refractivity contribution >= 4 is 33.3 Å². The molecule has 6 heteroatoms. The first-order valence-electron chi connectivity index (χ1n) is 10.5. The fourth-order valence-corrected chi connectivity index (χ4v) is 4.56. The van der Waals surface area contributed by atoms with Crippen molar-refractivity contribution in [3.8, 4) is 11.1 Å². The van der Waals surface area contributed by atoms with Crippen LogP contribution in [-0.2, 0) is 4.79 Å². The monoisotopic (exact) mass is 410 g/mol. The van der Waals surface area contributed by atoms with Gasteiger partial charge in [0, 0.05) is 36.5 Å². The largest absolute Gasteiger partial charge is 0.369 e. The molecule has 154 valence electrons. The van der Waals surface area contributed by atoms with E-state index in [1.807, 2.05) is 17.9 Å². The van der Waals surface area contributed by atoms with E-state index in [0.29, 0.717) is 13.0 Å². The number of hydrogen-bond donors (Lipinski definition) is 1. The van der Waals surface area contributed by atoms with Gasteiger partial charge in [0.1, 0.15) is 17.0 Å². The summed E-state index contributed by atoms with van der Waals surface area (Å²) >= 11 is 1.69. The number of thiophene rings is 1. The van der Waals surface area contributed by atoms with Crippen LogP contribution in [0.1, 0.15) is 44.4 Å². The summed E-state index contributed by atoms with van der Waals surface area (Å²) in [6.07, 6.45) is 5.14. The van der Waals surface area contributed by atoms with Crippen LogP contribution in [0.15, 0.2) is 36.7 Å². The second kappa shape index (κ2) is 10.3. The van der Waals surface area contributed by atoms with Gasteiger partial charge >= 0.3 is 0 Å². The molecule has 0 fully saturated rings. The fourth-order valence-electron chi connectivity index (χ4n) is 3.54. The van der Waals surface area contributed by atoms with Crippen LogP contribution in [0.4, 0.5) is 5.82 Å². The molecule has 5 nitrogen and oxygen atoms in total. The average molecular weight is 411 g/mol. The third-order valence-electron chi connectivity index (χ3n) is 5.10. The van der Waals surface area contributed by atoms with E-state index in [0.717, 1.165) is 48.4 Å². The zero-order chi connectivity index (χ0) is 20.6. The summed E-state index contributed by atoms with van der Waals surface area (Å²) in [5, 5.41) is 4.53. The van der Waals surface area contributed by atoms with E-state index in [9.17, 15) is 4.79 Å². The van der Waals surface area contributed by atoms with Gasteiger partial charge < -0.3 is 10.2 Å². The van der Waals surface area contributed by atoms with Crippen LogP contribution in [0.5, 0.6) is 0 Å². The molecular formula is C23H30N4OS. The van der Waals surface area contributed by atoms with Gasteiger partial charge in [-0.1, -0.05) is 43.7 Å². The van der Waals surface area contributed by atoms with Crippen LogP contribution in [0.3, 0.4) is 0 Å². The number of anilines is 1. The Morgan fingerprint density at radius 2 is 1.93 bits per heavy atom. The van der Waals surface area contributed by atoms with Crippen LogP contribution in [-0.4, -0.2) is 40.4 Å². The SMILES string of the molecule is CCCCN(CC)C(=O)CCCNc1ncnc2sc(C)c(-c3ccccc3)c12. The smallest absolute Gasteiger partial charge is 0.222 e. The Kier molecular flexibility index (Phi) is 7.58. The summed E-state index contributed by atoms with van der Waals surface area (Å²) < 4.78 is 0. The highest BCUT2D eigenvalue weighted by Crippen LogP contribution is 2.40. The molecule has 3 aromatic rings. The summed E-state index contributed by atoms with van der Waals surface area (Å²) in [6.45, 7) is 8.70. The Balaban J connectivity index is 1.69. The van der Waals surface area contributed by atoms with Gasteiger partial charge in [-0.3, -0.25) is 4.79 Å². The highest BCUT2D eigenvalue weighted by molar-refractivity contribution is 7.19. The van der Waals surface area contributed by atoms with Gasteiger partial charge in [0.2, 0.25) is 5.91 Å². The molecule has 1 N–H and O–H groups in total. The molecule has 0 unspecified atom stereocenters. The van der Waals surface area contributed by atoms with E-state index in [1.54, 1.807) is 17.7 Å². The molecule has 1 aromatic carbocycles. The molecule has 0 aliphatic heterocycles. The van der Waals surface area contributed by atoms with Gasteiger partial charge in [-0.05, 0) is 32.3 Å². The van der Waals surface area contributed by atoms with Crippen molar-refractivity contribution in [1.82, 2.24) is 14.9 Å². The molecule has 1 amide bonds. The van der Waals surface area contributed by atoms with Crippen LogP contribution in [0.25, 0.3) is 21.3 Å². The van der Waals surface area contributed by atoms with E-state index in [4.69, 9.17) is 0 Å². The summed E-state index contributed by atoms with van der Waals surface area (Å²) in [5.41, 5.74) is 2.38. The van der Waals surface area contributed by atoms with Crippen LogP contribution < -0.4 is 5.32 Å². The topological polar surface area (TPSA) is 58.1 Å². The molecule has 0 bridgehead atoms. The molecule has 0 saturated heterocycles. The maximum atomic E-state index is 12.4. The molecule has 0 saturated carbocycles. The van der Waals surface area contributed by atoms with Gasteiger partial charge in [-0.25, -0.2) is 9.97 Å². The van der Waals surface area contributed by atoms with E-state index in [1.165, 1.54) is 16.0 Å². The molecule has 0 aliphatic rings. The Morgan fingerprint density at radius 3 is 2.66 bits per heavy atom. The highest BCUT2D eigenvalue weighted by Gasteiger charge is 2.16. The number of unbranched alkanes of at least 4 members (excludes halogenated alkanes) is 1. The normalized spacial score (nSPS) is 11.0. The van der Waals surface area contributed by atoms with E-state index in [-0.39, 0.29) is 5.91 Å². The second-order valence-corrected chi connectivity index (χ2v) is 8.36. The lowest BCUT2D eigenvalue weighted by atomic mass is 10.0. The first kappa shape index (κ1) is 21.2. The molecule has 29 heavy (non-hydrogen) atoms. The van der Waals surface area contributed by atoms with E-state index < -0.39 is 0 Å². The molecule has 0 radical (unpaired) electrons. The fraction of sp³-hybridized carbons (Fsp3) is 0.435. The number of carbonyl (C=O) groups excluding carboxylic acids is 1. The van der Waals surface area contributed by atoms with Crippen molar-refractivity contribution in [2.45, 2.75) is 46.5 Å². The van der Waals surface area contributed by atoms with E-state index >= 15 is 0 Å². The summed E-state index contributed by atoms with van der Waals surface area (Å²) in [6, 6.07) is 10.4. The zero-order valence-corrected chi connectivity index (χ0v) is 18.4. The number of aryl methyl sites for hydroxylation is 1. The number of rotatable bonds is 10. The van der Waals surface area contributed by atoms with Gasteiger partial charge in [-0.2, -0.15) is 0 Å². The lowest BCUT2D eigenvalue weighted by Gasteiger charge is -2.20. The number of carbonyl (C=O) groups is 1. The number of hydrogen-bond acceptors (Lipinski definition) is 5. The first-order valence-corrected chi connectivity index (χ1v) is 11.3. The van der Waals surface area contributed by atoms with Gasteiger partial charge in [-0.15, -0.1) is 11.3 Å². The Labute approximate surface area is 177 Å². The van der Waals surface area contributed by atoms with Gasteiger partial charge in [0.05, 0.1) is 5.39 Å². The quantitative estimate of drug-likeness (QED) is 0.448. The van der Waals surface area contributed by atoms with Gasteiger partial charge in [0.15, 0.2) is 0 Å². The lowest BCUT2D eigenvalue weighted by Crippen LogP contribution is -2.31. The van der Waals surface area contributed by atoms with Crippen LogP contribution in [0, 0.1) is 6.92 Å². The molecule has 2 aromatic heterocycles. The molecule has 2 heterocycles. The molecule has 0 aliphatic carbocycles. The number of nitrogens with zero attached hydrogens (tertiary/aromatic N) is 3. The van der Waals surface area contributed by atoms with Crippen molar-refractivity contribution in [1.29, 1.82) is 0 Å². The number of aromatic nitrogens is 2. The minimum absolute atomic E-state index is 0.243. The summed E-state index contributed by atoms with van der Waals surface area (Å²) in [4.78, 5) is 25.6. The Bertz CT molecular complexity index is 939. The van der Waals surface area contributed by atoms with Crippen LogP contribution in [0.2, 0.25) is 0 Å². The number of benzene rings is 1. The number of nitrogens with one attached hydrogen (secondary N) is 1. The van der Waals surface area contributed by atoms with Crippen LogP contribution >= 0.6 is 11.3 Å². The van der Waals surface area contributed by atoms with Crippen molar-refractivity contribution in [2.75, 3.05) is 25.0 Å². The predicted molar refractivity (Wildman–Crippen MR) is 122 cm³/mol. The lowest BCUT2D eigenvalue weighted by molar-refractivity contribution is -0.131. The van der Waals surface area contributed by atoms with E-state index in [2.05, 4.69) is 53.4 Å². The molecule has 0 spiro atoms. The number of fused-ring (bicyclic) bond motifs is 1. The van der Waals surface area contributed by atoms with Crippen molar-refractivity contribution in [2.24, 2.45) is 0 Å². The number of amides is 1. The maximum Gasteiger partial charge on any atom is 0.222 e. The van der Waals surface area contributed by atoms with Crippen molar-refractivity contribution < 1.29 is 4.79 Å². The summed E-state index contributed by atoms with van der Waals surface area (Å²) in [5.74, 6) is 1.09. The molecular weight excluding hydrogens is 380 g/mol. The third kappa shape index (κ3) is 5.12. The summed E-state index contributed by atoms with van der Waals surface area (Å²) in [7, 11) is 0. The Hall–Kier alpha value is -2.47. The minimum Gasteiger partial charge on any atom is -0.369 e. The standard InChI is InChI=1S/C23H30N4OS/c1-4-6-15-27(5-2)19(28)13-10-14-24-22-21-20(18-11-8-7-9-12-18)17(3)29-23(21)26-16-25-22/h7-9,11-12,16H,4-6,10,13-15H2,1-3H3,(H,24,25,26). The molecule has 0 atom stereocenters. The third-order valence-corrected chi connectivity index (χ3v) is 6.12. The second-order valence-electron chi connectivity index (χ2n) is 7.16. The van der Waals surface area contributed by atoms with Crippen molar-refractivity contribution in [3.05, 3.63) is 41.5 Å².